The molecule has 1 fully saturated rings. The Bertz CT molecular complexity index is 1530. The monoisotopic (exact) mass is 587 g/mol. The molecule has 4 aromatic carbocycles. The van der Waals surface area contributed by atoms with E-state index in [1.54, 1.807) is 6.20 Å². The Morgan fingerprint density at radius 1 is 0.698 bits per heavy atom. The maximum atomic E-state index is 14.1. The maximum Gasteiger partial charge on any atom is 0.277 e. The average molecular weight is 588 g/mol. The summed E-state index contributed by atoms with van der Waals surface area (Å²) in [5, 5.41) is 0. The molecule has 1 aliphatic heterocycles. The summed E-state index contributed by atoms with van der Waals surface area (Å²) in [7, 11) is 0. The molecule has 0 bridgehead atoms. The summed E-state index contributed by atoms with van der Waals surface area (Å²) in [6, 6.07) is 45.9. The number of halogens is 1. The first kappa shape index (κ1) is 30.2. The van der Waals surface area contributed by atoms with Gasteiger partial charge in [0.15, 0.2) is 0 Å². The molecule has 0 saturated carbocycles. The summed E-state index contributed by atoms with van der Waals surface area (Å²) >= 11 is 0. The van der Waals surface area contributed by atoms with E-state index < -0.39 is 0 Å². The highest BCUT2D eigenvalue weighted by Gasteiger charge is 2.37. The molecular formula is C38H38ClN3O. The SMILES string of the molecule is Cl.O=C(c1ncccc1-c1ccccc1)N(CCCN1CCC(c2ccccc2)(c2ccccc2)CC1)c1ccccc1. The number of likely N-dealkylation sites (tertiary alicyclic amines) is 1. The van der Waals surface area contributed by atoms with Crippen LogP contribution in [-0.4, -0.2) is 42.0 Å². The Morgan fingerprint density at radius 3 is 1.81 bits per heavy atom. The van der Waals surface area contributed by atoms with Crippen LogP contribution in [0.4, 0.5) is 5.69 Å². The Kier molecular flexibility index (Phi) is 10.0. The van der Waals surface area contributed by atoms with Gasteiger partial charge in [-0.25, -0.2) is 0 Å². The lowest BCUT2D eigenvalue weighted by atomic mass is 9.68. The third-order valence-electron chi connectivity index (χ3n) is 8.63. The predicted molar refractivity (Wildman–Crippen MR) is 179 cm³/mol. The van der Waals surface area contributed by atoms with Gasteiger partial charge < -0.3 is 9.80 Å². The van der Waals surface area contributed by atoms with E-state index in [1.165, 1.54) is 11.1 Å². The van der Waals surface area contributed by atoms with Crippen LogP contribution >= 0.6 is 12.4 Å². The first-order chi connectivity index (χ1) is 20.7. The number of aromatic nitrogens is 1. The minimum Gasteiger partial charge on any atom is -0.307 e. The van der Waals surface area contributed by atoms with Gasteiger partial charge in [0.05, 0.1) is 0 Å². The molecule has 0 radical (unpaired) electrons. The van der Waals surface area contributed by atoms with Crippen LogP contribution in [-0.2, 0) is 5.41 Å². The second-order valence-corrected chi connectivity index (χ2v) is 11.1. The Balaban J connectivity index is 0.00000368. The van der Waals surface area contributed by atoms with Crippen LogP contribution in [0.2, 0.25) is 0 Å². The number of hydrogen-bond acceptors (Lipinski definition) is 3. The highest BCUT2D eigenvalue weighted by atomic mass is 35.5. The van der Waals surface area contributed by atoms with Gasteiger partial charge in [-0.05, 0) is 73.8 Å². The molecule has 5 aromatic rings. The second kappa shape index (κ2) is 14.3. The van der Waals surface area contributed by atoms with Gasteiger partial charge in [-0.1, -0.05) is 115 Å². The van der Waals surface area contributed by atoms with E-state index in [0.29, 0.717) is 12.2 Å². The third kappa shape index (κ3) is 6.72. The van der Waals surface area contributed by atoms with Crippen LogP contribution in [0.1, 0.15) is 40.9 Å². The summed E-state index contributed by atoms with van der Waals surface area (Å²) in [6.07, 6.45) is 4.76. The zero-order chi connectivity index (χ0) is 28.6. The summed E-state index contributed by atoms with van der Waals surface area (Å²) in [4.78, 5) is 23.1. The molecule has 1 aliphatic rings. The number of carbonyl (C=O) groups is 1. The van der Waals surface area contributed by atoms with Gasteiger partial charge in [-0.15, -0.1) is 12.4 Å². The van der Waals surface area contributed by atoms with Crippen molar-refractivity contribution in [2.45, 2.75) is 24.7 Å². The molecule has 1 amide bonds. The Labute approximate surface area is 261 Å². The van der Waals surface area contributed by atoms with Crippen LogP contribution in [0.25, 0.3) is 11.1 Å². The molecule has 1 aromatic heterocycles. The van der Waals surface area contributed by atoms with E-state index in [1.807, 2.05) is 77.7 Å². The fourth-order valence-corrected chi connectivity index (χ4v) is 6.38. The maximum absolute atomic E-state index is 14.1. The van der Waals surface area contributed by atoms with Crippen LogP contribution in [0.5, 0.6) is 0 Å². The topological polar surface area (TPSA) is 36.4 Å². The van der Waals surface area contributed by atoms with Gasteiger partial charge in [0.2, 0.25) is 0 Å². The van der Waals surface area contributed by atoms with E-state index in [0.717, 1.165) is 55.7 Å². The largest absolute Gasteiger partial charge is 0.307 e. The zero-order valence-electron chi connectivity index (χ0n) is 24.4. The number of anilines is 1. The van der Waals surface area contributed by atoms with Gasteiger partial charge in [0.1, 0.15) is 5.69 Å². The first-order valence-corrected chi connectivity index (χ1v) is 15.0. The molecule has 0 spiro atoms. The fraction of sp³-hybridized carbons (Fsp3) is 0.211. The number of hydrogen-bond donors (Lipinski definition) is 0. The molecule has 0 atom stereocenters. The number of piperidine rings is 1. The summed E-state index contributed by atoms with van der Waals surface area (Å²) in [5.41, 5.74) is 6.09. The lowest BCUT2D eigenvalue weighted by molar-refractivity contribution is 0.0980. The van der Waals surface area contributed by atoms with Crippen molar-refractivity contribution in [2.24, 2.45) is 0 Å². The number of pyridine rings is 1. The Hall–Kier alpha value is -4.25. The second-order valence-electron chi connectivity index (χ2n) is 11.1. The quantitative estimate of drug-likeness (QED) is 0.174. The van der Waals surface area contributed by atoms with E-state index in [9.17, 15) is 4.79 Å². The molecule has 2 heterocycles. The minimum atomic E-state index is -0.0635. The number of benzene rings is 4. The highest BCUT2D eigenvalue weighted by Crippen LogP contribution is 2.41. The van der Waals surface area contributed by atoms with Gasteiger partial charge in [-0.3, -0.25) is 9.78 Å². The molecule has 0 unspecified atom stereocenters. The van der Waals surface area contributed by atoms with Crippen molar-refractivity contribution >= 4 is 24.0 Å². The van der Waals surface area contributed by atoms with E-state index >= 15 is 0 Å². The molecule has 0 N–H and O–H groups in total. The predicted octanol–water partition coefficient (Wildman–Crippen LogP) is 8.29. The molecule has 1 saturated heterocycles. The van der Waals surface area contributed by atoms with Crippen molar-refractivity contribution in [3.8, 4) is 11.1 Å². The van der Waals surface area contributed by atoms with Crippen LogP contribution in [0, 0.1) is 0 Å². The lowest BCUT2D eigenvalue weighted by Crippen LogP contribution is -2.44. The van der Waals surface area contributed by atoms with Crippen molar-refractivity contribution < 1.29 is 4.79 Å². The number of nitrogens with zero attached hydrogens (tertiary/aromatic N) is 3. The van der Waals surface area contributed by atoms with Gasteiger partial charge >= 0.3 is 0 Å². The first-order valence-electron chi connectivity index (χ1n) is 15.0. The van der Waals surface area contributed by atoms with Crippen molar-refractivity contribution in [2.75, 3.05) is 31.1 Å². The number of rotatable bonds is 9. The van der Waals surface area contributed by atoms with E-state index in [4.69, 9.17) is 0 Å². The summed E-state index contributed by atoms with van der Waals surface area (Å²) in [5.74, 6) is -0.0635. The van der Waals surface area contributed by atoms with Gasteiger partial charge in [-0.2, -0.15) is 0 Å². The molecular weight excluding hydrogens is 550 g/mol. The van der Waals surface area contributed by atoms with Crippen molar-refractivity contribution in [3.63, 3.8) is 0 Å². The van der Waals surface area contributed by atoms with E-state index in [-0.39, 0.29) is 23.7 Å². The molecule has 5 heteroatoms. The van der Waals surface area contributed by atoms with Crippen molar-refractivity contribution in [1.82, 2.24) is 9.88 Å². The smallest absolute Gasteiger partial charge is 0.277 e. The molecule has 218 valence electrons. The minimum absolute atomic E-state index is 0. The molecule has 4 nitrogen and oxygen atoms in total. The zero-order valence-corrected chi connectivity index (χ0v) is 25.2. The number of amides is 1. The standard InChI is InChI=1S/C38H37N3O.ClH/c42-37(36-35(23-13-26-39-36)31-15-5-1-6-16-31)41(34-21-11-4-12-22-34)28-14-27-40-29-24-38(25-30-40,32-17-7-2-8-18-32)33-19-9-3-10-20-33;/h1-13,15-23,26H,14,24-25,27-30H2;1H. The summed E-state index contributed by atoms with van der Waals surface area (Å²) < 4.78 is 0. The van der Waals surface area contributed by atoms with Crippen molar-refractivity contribution in [3.05, 3.63) is 156 Å². The average Bonchev–Trinajstić information content (AvgIpc) is 3.08. The van der Waals surface area contributed by atoms with E-state index in [2.05, 4.69) is 70.5 Å². The normalized spacial score (nSPS) is 14.4. The van der Waals surface area contributed by atoms with Crippen LogP contribution < -0.4 is 4.90 Å². The molecule has 43 heavy (non-hydrogen) atoms. The molecule has 6 rings (SSSR count). The third-order valence-corrected chi connectivity index (χ3v) is 8.63. The van der Waals surface area contributed by atoms with Crippen LogP contribution in [0.15, 0.2) is 140 Å². The van der Waals surface area contributed by atoms with Crippen LogP contribution in [0.3, 0.4) is 0 Å². The van der Waals surface area contributed by atoms with Gasteiger partial charge in [0, 0.05) is 29.4 Å². The Morgan fingerprint density at radius 2 is 1.23 bits per heavy atom. The number of para-hydroxylation sites is 1. The lowest BCUT2D eigenvalue weighted by Gasteiger charge is -2.43. The highest BCUT2D eigenvalue weighted by molar-refractivity contribution is 6.08. The fourth-order valence-electron chi connectivity index (χ4n) is 6.38. The molecule has 0 aliphatic carbocycles. The summed E-state index contributed by atoms with van der Waals surface area (Å²) in [6.45, 7) is 3.64. The van der Waals surface area contributed by atoms with Gasteiger partial charge in [0.25, 0.3) is 5.91 Å². The van der Waals surface area contributed by atoms with Crippen molar-refractivity contribution in [1.29, 1.82) is 0 Å². The number of carbonyl (C=O) groups excluding carboxylic acids is 1.